The first-order chi connectivity index (χ1) is 22.2. The number of aromatic amines is 1. The van der Waals surface area contributed by atoms with Crippen molar-refractivity contribution in [3.05, 3.63) is 100 Å². The minimum absolute atomic E-state index is 0.0117. The first-order valence-electron chi connectivity index (χ1n) is 16.1. The molecule has 3 amide bonds. The quantitative estimate of drug-likeness (QED) is 0.267. The number of aryl methyl sites for hydroxylation is 1. The molecule has 2 aliphatic rings. The van der Waals surface area contributed by atoms with Gasteiger partial charge in [-0.05, 0) is 93.7 Å². The van der Waals surface area contributed by atoms with Crippen molar-refractivity contribution < 1.29 is 14.4 Å². The molecular formula is C37H42ClN5O3. The van der Waals surface area contributed by atoms with Gasteiger partial charge in [-0.25, -0.2) is 0 Å². The van der Waals surface area contributed by atoms with Gasteiger partial charge in [-0.15, -0.1) is 0 Å². The van der Waals surface area contributed by atoms with E-state index in [1.54, 1.807) is 0 Å². The molecule has 2 atom stereocenters. The van der Waals surface area contributed by atoms with Gasteiger partial charge in [0.05, 0.1) is 0 Å². The van der Waals surface area contributed by atoms with Crippen LogP contribution in [0.5, 0.6) is 0 Å². The van der Waals surface area contributed by atoms with Crippen LogP contribution in [0.2, 0.25) is 5.02 Å². The monoisotopic (exact) mass is 639 g/mol. The predicted octanol–water partition coefficient (Wildman–Crippen LogP) is 5.48. The maximum absolute atomic E-state index is 14.6. The lowest BCUT2D eigenvalue weighted by Crippen LogP contribution is -2.54. The third kappa shape index (κ3) is 6.98. The third-order valence-electron chi connectivity index (χ3n) is 9.34. The number of carbonyl (C=O) groups is 3. The fourth-order valence-corrected chi connectivity index (χ4v) is 7.18. The van der Waals surface area contributed by atoms with Gasteiger partial charge in [0.15, 0.2) is 0 Å². The second-order valence-electron chi connectivity index (χ2n) is 13.1. The summed E-state index contributed by atoms with van der Waals surface area (Å²) in [4.78, 5) is 50.7. The van der Waals surface area contributed by atoms with Gasteiger partial charge in [0.25, 0.3) is 5.91 Å². The minimum atomic E-state index is -0.763. The molecule has 9 heteroatoms. The van der Waals surface area contributed by atoms with Crippen LogP contribution >= 0.6 is 11.6 Å². The number of halogens is 1. The van der Waals surface area contributed by atoms with Gasteiger partial charge in [-0.1, -0.05) is 47.5 Å². The molecule has 0 spiro atoms. The van der Waals surface area contributed by atoms with E-state index in [-0.39, 0.29) is 29.6 Å². The van der Waals surface area contributed by atoms with Crippen molar-refractivity contribution in [3.63, 3.8) is 0 Å². The molecule has 6 rings (SSSR count). The third-order valence-corrected chi connectivity index (χ3v) is 9.57. The Balaban J connectivity index is 1.22. The number of nitrogens with one attached hydrogen (secondary N) is 2. The van der Waals surface area contributed by atoms with Crippen LogP contribution in [0.15, 0.2) is 72.9 Å². The van der Waals surface area contributed by atoms with Gasteiger partial charge in [-0.3, -0.25) is 14.4 Å². The second-order valence-corrected chi connectivity index (χ2v) is 13.5. The fraction of sp³-hybridized carbons (Fsp3) is 0.378. The molecule has 1 aromatic heterocycles. The van der Waals surface area contributed by atoms with Gasteiger partial charge in [0, 0.05) is 71.9 Å². The number of benzene rings is 3. The lowest BCUT2D eigenvalue weighted by molar-refractivity contribution is -0.131. The molecule has 0 radical (unpaired) electrons. The molecule has 0 aliphatic carbocycles. The summed E-state index contributed by atoms with van der Waals surface area (Å²) >= 11 is 6.40. The number of piperidine rings is 1. The molecule has 3 aromatic carbocycles. The Hall–Kier alpha value is -4.14. The SMILES string of the molecule is Cc1ccc(C(=O)N2CCC(C(=O)N[C@H](Cc3c[nH]c4ccccc34)C(=O)N3C[C@@H](CN(C)C)Cc4cc(Cl)ccc43)CC2)cc1. The number of amides is 3. The minimum Gasteiger partial charge on any atom is -0.361 e. The van der Waals surface area contributed by atoms with Crippen molar-refractivity contribution in [1.82, 2.24) is 20.1 Å². The number of fused-ring (bicyclic) bond motifs is 2. The molecule has 3 heterocycles. The van der Waals surface area contributed by atoms with E-state index in [1.807, 2.05) is 104 Å². The van der Waals surface area contributed by atoms with E-state index in [9.17, 15) is 14.4 Å². The number of H-pyrrole nitrogens is 1. The van der Waals surface area contributed by atoms with E-state index < -0.39 is 6.04 Å². The number of rotatable bonds is 8. The molecule has 0 bridgehead atoms. The standard InChI is InChI=1S/C37H42ClN5O3/c1-24-8-10-27(11-9-24)36(45)42-16-14-26(15-17-42)35(44)40-33(20-29-21-39-32-7-5-4-6-31(29)32)37(46)43-23-25(22-41(2)3)18-28-19-30(38)12-13-34(28)43/h4-13,19,21,25-26,33,39H,14-18,20,22-23H2,1-3H3,(H,40,44)/t25-,33-/m1/s1. The maximum atomic E-state index is 14.6. The Morgan fingerprint density at radius 1 is 1.02 bits per heavy atom. The molecule has 8 nitrogen and oxygen atoms in total. The molecule has 1 saturated heterocycles. The number of hydrogen-bond acceptors (Lipinski definition) is 4. The second kappa shape index (κ2) is 13.7. The zero-order valence-electron chi connectivity index (χ0n) is 26.8. The van der Waals surface area contributed by atoms with Crippen LogP contribution in [0.25, 0.3) is 10.9 Å². The first kappa shape index (κ1) is 31.8. The molecule has 46 heavy (non-hydrogen) atoms. The van der Waals surface area contributed by atoms with Crippen molar-refractivity contribution in [3.8, 4) is 0 Å². The van der Waals surface area contributed by atoms with Crippen molar-refractivity contribution in [2.45, 2.75) is 38.6 Å². The van der Waals surface area contributed by atoms with Crippen molar-refractivity contribution in [1.29, 1.82) is 0 Å². The van der Waals surface area contributed by atoms with Gasteiger partial charge in [-0.2, -0.15) is 0 Å². The van der Waals surface area contributed by atoms with Crippen molar-refractivity contribution >= 4 is 45.9 Å². The van der Waals surface area contributed by atoms with Crippen LogP contribution in [0, 0.1) is 18.8 Å². The van der Waals surface area contributed by atoms with Gasteiger partial charge < -0.3 is 25.0 Å². The smallest absolute Gasteiger partial charge is 0.253 e. The maximum Gasteiger partial charge on any atom is 0.253 e. The van der Waals surface area contributed by atoms with Crippen LogP contribution in [-0.2, 0) is 22.4 Å². The molecule has 0 unspecified atom stereocenters. The highest BCUT2D eigenvalue weighted by atomic mass is 35.5. The predicted molar refractivity (Wildman–Crippen MR) is 183 cm³/mol. The summed E-state index contributed by atoms with van der Waals surface area (Å²) < 4.78 is 0. The normalized spacial score (nSPS) is 17.6. The highest BCUT2D eigenvalue weighted by molar-refractivity contribution is 6.30. The van der Waals surface area contributed by atoms with E-state index in [4.69, 9.17) is 11.6 Å². The average Bonchev–Trinajstić information content (AvgIpc) is 3.46. The molecular weight excluding hydrogens is 598 g/mol. The van der Waals surface area contributed by atoms with Crippen LogP contribution in [-0.4, -0.2) is 78.8 Å². The number of anilines is 1. The summed E-state index contributed by atoms with van der Waals surface area (Å²) in [6.07, 6.45) is 4.22. The number of aromatic nitrogens is 1. The summed E-state index contributed by atoms with van der Waals surface area (Å²) in [5.74, 6) is -0.335. The Labute approximate surface area is 275 Å². The molecule has 2 aliphatic heterocycles. The first-order valence-corrected chi connectivity index (χ1v) is 16.5. The molecule has 4 aromatic rings. The van der Waals surface area contributed by atoms with Crippen molar-refractivity contribution in [2.75, 3.05) is 45.2 Å². The number of hydrogen-bond donors (Lipinski definition) is 2. The van der Waals surface area contributed by atoms with Gasteiger partial charge in [0.1, 0.15) is 6.04 Å². The lowest BCUT2D eigenvalue weighted by Gasteiger charge is -2.38. The molecule has 0 saturated carbocycles. The number of carbonyl (C=O) groups excluding carboxylic acids is 3. The van der Waals surface area contributed by atoms with E-state index in [0.717, 1.165) is 46.2 Å². The van der Waals surface area contributed by atoms with E-state index >= 15 is 0 Å². The average molecular weight is 640 g/mol. The topological polar surface area (TPSA) is 88.8 Å². The molecule has 1 fully saturated rings. The molecule has 240 valence electrons. The van der Waals surface area contributed by atoms with Crippen LogP contribution < -0.4 is 10.2 Å². The van der Waals surface area contributed by atoms with Crippen LogP contribution in [0.3, 0.4) is 0 Å². The Kier molecular flexibility index (Phi) is 9.47. The Morgan fingerprint density at radius 3 is 2.50 bits per heavy atom. The zero-order valence-corrected chi connectivity index (χ0v) is 27.5. The highest BCUT2D eigenvalue weighted by Crippen LogP contribution is 2.33. The number of para-hydroxylation sites is 1. The summed E-state index contributed by atoms with van der Waals surface area (Å²) in [5, 5.41) is 4.86. The number of likely N-dealkylation sites (tertiary alicyclic amines) is 1. The lowest BCUT2D eigenvalue weighted by atomic mass is 9.90. The highest BCUT2D eigenvalue weighted by Gasteiger charge is 2.36. The molecule has 2 N–H and O–H groups in total. The summed E-state index contributed by atoms with van der Waals surface area (Å²) in [7, 11) is 4.08. The summed E-state index contributed by atoms with van der Waals surface area (Å²) in [6.45, 7) is 4.38. The summed E-state index contributed by atoms with van der Waals surface area (Å²) in [5.41, 5.74) is 5.63. The fourth-order valence-electron chi connectivity index (χ4n) is 6.98. The van der Waals surface area contributed by atoms with E-state index in [0.29, 0.717) is 49.5 Å². The van der Waals surface area contributed by atoms with Gasteiger partial charge >= 0.3 is 0 Å². The Morgan fingerprint density at radius 2 is 1.76 bits per heavy atom. The van der Waals surface area contributed by atoms with Crippen LogP contribution in [0.1, 0.15) is 39.9 Å². The van der Waals surface area contributed by atoms with E-state index in [1.165, 1.54) is 0 Å². The Bertz CT molecular complexity index is 1720. The summed E-state index contributed by atoms with van der Waals surface area (Å²) in [6, 6.07) is 20.5. The van der Waals surface area contributed by atoms with Gasteiger partial charge in [0.2, 0.25) is 11.8 Å². The largest absolute Gasteiger partial charge is 0.361 e. The van der Waals surface area contributed by atoms with Crippen LogP contribution in [0.4, 0.5) is 5.69 Å². The zero-order chi connectivity index (χ0) is 32.4. The van der Waals surface area contributed by atoms with E-state index in [2.05, 4.69) is 15.2 Å². The number of nitrogens with zero attached hydrogens (tertiary/aromatic N) is 3. The van der Waals surface area contributed by atoms with Crippen molar-refractivity contribution in [2.24, 2.45) is 11.8 Å².